The monoisotopic (exact) mass is 208 g/mol. The van der Waals surface area contributed by atoms with Gasteiger partial charge in [-0.05, 0) is 30.0 Å². The molecule has 0 radical (unpaired) electrons. The van der Waals surface area contributed by atoms with Crippen LogP contribution in [0.2, 0.25) is 0 Å². The molecule has 14 heavy (non-hydrogen) atoms. The highest BCUT2D eigenvalue weighted by molar-refractivity contribution is 7.11. The Balaban J connectivity index is 2.85. The normalized spacial score (nSPS) is 13.0. The zero-order valence-electron chi connectivity index (χ0n) is 9.13. The zero-order valence-corrected chi connectivity index (χ0v) is 9.94. The average molecular weight is 208 g/mol. The topological polar surface area (TPSA) is 17.1 Å². The van der Waals surface area contributed by atoms with E-state index in [0.717, 1.165) is 5.57 Å². The molecule has 0 unspecified atom stereocenters. The van der Waals surface area contributed by atoms with Crippen molar-refractivity contribution in [1.29, 1.82) is 0 Å². The fourth-order valence-corrected chi connectivity index (χ4v) is 1.69. The summed E-state index contributed by atoms with van der Waals surface area (Å²) in [5.41, 5.74) is 0.776. The number of carbonyl (C=O) groups excluding carboxylic acids is 1. The van der Waals surface area contributed by atoms with Crippen LogP contribution in [0.1, 0.15) is 32.6 Å². The Hall–Kier alpha value is -0.890. The third-order valence-electron chi connectivity index (χ3n) is 2.00. The van der Waals surface area contributed by atoms with Crippen LogP contribution < -0.4 is 0 Å². The molecule has 0 aromatic carbocycles. The quantitative estimate of drug-likeness (QED) is 0.676. The van der Waals surface area contributed by atoms with Crippen molar-refractivity contribution in [3.05, 3.63) is 28.5 Å². The smallest absolute Gasteiger partial charge is 0.161 e. The van der Waals surface area contributed by atoms with Gasteiger partial charge in [0.1, 0.15) is 0 Å². The van der Waals surface area contributed by atoms with E-state index < -0.39 is 0 Å². The molecule has 0 aliphatic heterocycles. The van der Waals surface area contributed by atoms with Gasteiger partial charge in [0.2, 0.25) is 0 Å². The minimum atomic E-state index is -0.279. The number of thiophene rings is 1. The highest BCUT2D eigenvalue weighted by Crippen LogP contribution is 2.22. The summed E-state index contributed by atoms with van der Waals surface area (Å²) < 4.78 is 0. The van der Waals surface area contributed by atoms with Crippen LogP contribution in [0, 0.1) is 5.41 Å². The average Bonchev–Trinajstić information content (AvgIpc) is 2.53. The zero-order chi connectivity index (χ0) is 10.8. The Morgan fingerprint density at radius 3 is 2.50 bits per heavy atom. The van der Waals surface area contributed by atoms with Crippen molar-refractivity contribution in [3.63, 3.8) is 0 Å². The second kappa shape index (κ2) is 4.09. The number of allylic oxidation sites excluding steroid dienone is 2. The molecule has 0 N–H and O–H groups in total. The van der Waals surface area contributed by atoms with Crippen LogP contribution in [-0.2, 0) is 4.79 Å². The summed E-state index contributed by atoms with van der Waals surface area (Å²) in [4.78, 5) is 12.9. The summed E-state index contributed by atoms with van der Waals surface area (Å²) in [6.45, 7) is 7.80. The van der Waals surface area contributed by atoms with Gasteiger partial charge in [-0.3, -0.25) is 4.79 Å². The van der Waals surface area contributed by atoms with E-state index in [1.165, 1.54) is 4.88 Å². The van der Waals surface area contributed by atoms with Gasteiger partial charge in [0.25, 0.3) is 0 Å². The molecule has 0 spiro atoms. The Morgan fingerprint density at radius 1 is 1.43 bits per heavy atom. The van der Waals surface area contributed by atoms with Crippen LogP contribution in [-0.4, -0.2) is 5.78 Å². The molecular formula is C12H16OS. The van der Waals surface area contributed by atoms with Crippen LogP contribution >= 0.6 is 11.3 Å². The minimum absolute atomic E-state index is 0.184. The van der Waals surface area contributed by atoms with Crippen molar-refractivity contribution in [2.75, 3.05) is 0 Å². The third kappa shape index (κ3) is 2.81. The molecule has 76 valence electrons. The molecule has 0 aliphatic carbocycles. The SMILES string of the molecule is CC(=CC(=O)C(C)(C)C)c1cccs1. The lowest BCUT2D eigenvalue weighted by atomic mass is 9.90. The molecule has 0 amide bonds. The Bertz CT molecular complexity index is 339. The van der Waals surface area contributed by atoms with Gasteiger partial charge in [0, 0.05) is 10.3 Å². The van der Waals surface area contributed by atoms with E-state index in [-0.39, 0.29) is 11.2 Å². The molecule has 1 aromatic heterocycles. The van der Waals surface area contributed by atoms with Crippen LogP contribution in [0.25, 0.3) is 5.57 Å². The lowest BCUT2D eigenvalue weighted by molar-refractivity contribution is -0.121. The summed E-state index contributed by atoms with van der Waals surface area (Å²) in [6.07, 6.45) is 1.74. The van der Waals surface area contributed by atoms with Crippen molar-refractivity contribution >= 4 is 22.7 Å². The van der Waals surface area contributed by atoms with E-state index in [1.807, 2.05) is 45.2 Å². The van der Waals surface area contributed by atoms with Crippen LogP contribution in [0.4, 0.5) is 0 Å². The van der Waals surface area contributed by atoms with E-state index >= 15 is 0 Å². The maximum Gasteiger partial charge on any atom is 0.161 e. The highest BCUT2D eigenvalue weighted by atomic mass is 32.1. The Labute approximate surface area is 89.5 Å². The Morgan fingerprint density at radius 2 is 2.07 bits per heavy atom. The fourth-order valence-electron chi connectivity index (χ4n) is 0.987. The second-order valence-corrected chi connectivity index (χ2v) is 5.37. The fraction of sp³-hybridized carbons (Fsp3) is 0.417. The van der Waals surface area contributed by atoms with Gasteiger partial charge < -0.3 is 0 Å². The van der Waals surface area contributed by atoms with Crippen LogP contribution in [0.3, 0.4) is 0 Å². The first kappa shape index (κ1) is 11.2. The number of hydrogen-bond acceptors (Lipinski definition) is 2. The van der Waals surface area contributed by atoms with Crippen molar-refractivity contribution in [3.8, 4) is 0 Å². The van der Waals surface area contributed by atoms with Crippen molar-refractivity contribution in [2.45, 2.75) is 27.7 Å². The van der Waals surface area contributed by atoms with E-state index in [2.05, 4.69) is 0 Å². The van der Waals surface area contributed by atoms with Gasteiger partial charge in [-0.15, -0.1) is 11.3 Å². The third-order valence-corrected chi connectivity index (χ3v) is 3.00. The summed E-state index contributed by atoms with van der Waals surface area (Å²) in [5.74, 6) is 0.184. The van der Waals surface area contributed by atoms with Crippen LogP contribution in [0.15, 0.2) is 23.6 Å². The number of rotatable bonds is 2. The van der Waals surface area contributed by atoms with Crippen LogP contribution in [0.5, 0.6) is 0 Å². The summed E-state index contributed by atoms with van der Waals surface area (Å²) in [7, 11) is 0. The van der Waals surface area contributed by atoms with Gasteiger partial charge >= 0.3 is 0 Å². The maximum absolute atomic E-state index is 11.7. The molecule has 0 atom stereocenters. The molecule has 0 bridgehead atoms. The molecule has 1 nitrogen and oxygen atoms in total. The first-order valence-electron chi connectivity index (χ1n) is 4.68. The molecule has 0 saturated carbocycles. The minimum Gasteiger partial charge on any atom is -0.294 e. The number of hydrogen-bond donors (Lipinski definition) is 0. The van der Waals surface area contributed by atoms with Gasteiger partial charge in [0.15, 0.2) is 5.78 Å². The molecule has 0 aliphatic rings. The highest BCUT2D eigenvalue weighted by Gasteiger charge is 2.18. The largest absolute Gasteiger partial charge is 0.294 e. The molecule has 0 fully saturated rings. The van der Waals surface area contributed by atoms with Gasteiger partial charge in [-0.25, -0.2) is 0 Å². The summed E-state index contributed by atoms with van der Waals surface area (Å²) in [6, 6.07) is 4.03. The maximum atomic E-state index is 11.7. The lowest BCUT2D eigenvalue weighted by Gasteiger charge is -2.13. The van der Waals surface area contributed by atoms with E-state index in [4.69, 9.17) is 0 Å². The molecule has 0 saturated heterocycles. The summed E-state index contributed by atoms with van der Waals surface area (Å²) >= 11 is 1.66. The number of carbonyl (C=O) groups is 1. The molecule has 1 rings (SSSR count). The van der Waals surface area contributed by atoms with Gasteiger partial charge in [0.05, 0.1) is 0 Å². The first-order valence-corrected chi connectivity index (χ1v) is 5.56. The lowest BCUT2D eigenvalue weighted by Crippen LogP contribution is -2.17. The number of ketones is 1. The molecule has 1 aromatic rings. The van der Waals surface area contributed by atoms with Gasteiger partial charge in [-0.2, -0.15) is 0 Å². The van der Waals surface area contributed by atoms with E-state index in [0.29, 0.717) is 0 Å². The van der Waals surface area contributed by atoms with E-state index in [9.17, 15) is 4.79 Å². The van der Waals surface area contributed by atoms with E-state index in [1.54, 1.807) is 17.4 Å². The Kier molecular flexibility index (Phi) is 3.27. The van der Waals surface area contributed by atoms with Crippen molar-refractivity contribution < 1.29 is 4.79 Å². The first-order chi connectivity index (χ1) is 6.41. The molecule has 1 heterocycles. The van der Waals surface area contributed by atoms with Crippen molar-refractivity contribution in [1.82, 2.24) is 0 Å². The predicted octanol–water partition coefficient (Wildman–Crippen LogP) is 3.77. The standard InChI is InChI=1S/C12H16OS/c1-9(10-6-5-7-14-10)8-11(13)12(2,3)4/h5-8H,1-4H3. The summed E-state index contributed by atoms with van der Waals surface area (Å²) in [5, 5.41) is 2.02. The van der Waals surface area contributed by atoms with Crippen molar-refractivity contribution in [2.24, 2.45) is 5.41 Å². The second-order valence-electron chi connectivity index (χ2n) is 4.42. The molecular weight excluding hydrogens is 192 g/mol. The molecule has 2 heteroatoms. The predicted molar refractivity (Wildman–Crippen MR) is 62.4 cm³/mol. The van der Waals surface area contributed by atoms with Gasteiger partial charge in [-0.1, -0.05) is 26.8 Å².